The second-order valence-corrected chi connectivity index (χ2v) is 5.59. The van der Waals surface area contributed by atoms with Crippen LogP contribution in [0.2, 0.25) is 0 Å². The third-order valence-corrected chi connectivity index (χ3v) is 3.47. The van der Waals surface area contributed by atoms with E-state index in [4.69, 9.17) is 5.73 Å². The first kappa shape index (κ1) is 14.4. The Morgan fingerprint density at radius 2 is 2.18 bits per heavy atom. The van der Waals surface area contributed by atoms with Gasteiger partial charge in [-0.05, 0) is 19.4 Å². The second-order valence-electron chi connectivity index (χ2n) is 3.95. The van der Waals surface area contributed by atoms with Crippen molar-refractivity contribution in [2.75, 3.05) is 35.9 Å². The van der Waals surface area contributed by atoms with Crippen LogP contribution in [0, 0.1) is 0 Å². The highest BCUT2D eigenvalue weighted by atomic mass is 32.2. The van der Waals surface area contributed by atoms with E-state index in [1.54, 1.807) is 24.8 Å². The van der Waals surface area contributed by atoms with Gasteiger partial charge in [0.2, 0.25) is 0 Å². The molecule has 0 spiro atoms. The van der Waals surface area contributed by atoms with E-state index < -0.39 is 5.60 Å². The van der Waals surface area contributed by atoms with Gasteiger partial charge in [0.1, 0.15) is 11.6 Å². The summed E-state index contributed by atoms with van der Waals surface area (Å²) >= 11 is 3.03. The molecule has 0 saturated heterocycles. The summed E-state index contributed by atoms with van der Waals surface area (Å²) in [4.78, 5) is 8.31. The Morgan fingerprint density at radius 3 is 2.76 bits per heavy atom. The fraction of sp³-hybridized carbons (Fsp3) is 0.600. The Bertz CT molecular complexity index is 373. The van der Waals surface area contributed by atoms with E-state index in [-0.39, 0.29) is 0 Å². The zero-order chi connectivity index (χ0) is 12.9. The molecule has 0 saturated carbocycles. The van der Waals surface area contributed by atoms with Gasteiger partial charge in [-0.3, -0.25) is 0 Å². The molecule has 7 heteroatoms. The molecule has 1 atom stereocenters. The number of nitrogens with zero attached hydrogens (tertiary/aromatic N) is 2. The number of anilines is 2. The summed E-state index contributed by atoms with van der Waals surface area (Å²) in [6, 6.07) is 1.66. The third kappa shape index (κ3) is 5.01. The average molecular weight is 274 g/mol. The van der Waals surface area contributed by atoms with Crippen LogP contribution in [0.4, 0.5) is 11.6 Å². The van der Waals surface area contributed by atoms with Crippen LogP contribution in [0.15, 0.2) is 11.2 Å². The number of nitrogens with one attached hydrogen (secondary N) is 1. The molecule has 17 heavy (non-hydrogen) atoms. The molecule has 0 fully saturated rings. The maximum absolute atomic E-state index is 10.0. The molecule has 1 aromatic rings. The maximum atomic E-state index is 10.0. The molecule has 1 unspecified atom stereocenters. The molecule has 0 radical (unpaired) electrons. The Morgan fingerprint density at radius 1 is 1.47 bits per heavy atom. The highest BCUT2D eigenvalue weighted by molar-refractivity contribution is 7.98. The Labute approximate surface area is 110 Å². The standard InChI is InChI=1S/C10H18N4OS2/c1-10(15,6-16-2)5-12-8-4-7(11)13-9(14-8)17-3/h4,15H,5-6H2,1-3H3,(H3,11,12,13,14). The molecule has 0 bridgehead atoms. The summed E-state index contributed by atoms with van der Waals surface area (Å²) in [5.41, 5.74) is 4.90. The molecule has 0 aliphatic heterocycles. The van der Waals surface area contributed by atoms with Gasteiger partial charge in [0, 0.05) is 18.4 Å². The number of aromatic nitrogens is 2. The van der Waals surface area contributed by atoms with Crippen LogP contribution in [-0.2, 0) is 0 Å². The lowest BCUT2D eigenvalue weighted by molar-refractivity contribution is 0.0996. The zero-order valence-electron chi connectivity index (χ0n) is 10.2. The summed E-state index contributed by atoms with van der Waals surface area (Å²) in [6.45, 7) is 2.22. The van der Waals surface area contributed by atoms with E-state index in [0.717, 1.165) is 0 Å². The molecule has 1 rings (SSSR count). The van der Waals surface area contributed by atoms with Crippen LogP contribution < -0.4 is 11.1 Å². The van der Waals surface area contributed by atoms with Crippen LogP contribution in [0.3, 0.4) is 0 Å². The van der Waals surface area contributed by atoms with Crippen molar-refractivity contribution in [3.8, 4) is 0 Å². The third-order valence-electron chi connectivity index (χ3n) is 2.01. The van der Waals surface area contributed by atoms with E-state index in [2.05, 4.69) is 15.3 Å². The van der Waals surface area contributed by atoms with E-state index in [9.17, 15) is 5.11 Å². The molecule has 5 nitrogen and oxygen atoms in total. The molecule has 1 aromatic heterocycles. The normalized spacial score (nSPS) is 14.4. The fourth-order valence-electron chi connectivity index (χ4n) is 1.27. The number of hydrogen-bond donors (Lipinski definition) is 3. The van der Waals surface area contributed by atoms with E-state index in [1.165, 1.54) is 11.8 Å². The molecule has 4 N–H and O–H groups in total. The number of nitrogens with two attached hydrogens (primary N) is 1. The topological polar surface area (TPSA) is 84.1 Å². The van der Waals surface area contributed by atoms with Gasteiger partial charge in [-0.15, -0.1) is 0 Å². The van der Waals surface area contributed by atoms with E-state index in [0.29, 0.717) is 29.1 Å². The lowest BCUT2D eigenvalue weighted by atomic mass is 10.1. The maximum Gasteiger partial charge on any atom is 0.191 e. The highest BCUT2D eigenvalue weighted by Crippen LogP contribution is 2.17. The van der Waals surface area contributed by atoms with Crippen molar-refractivity contribution in [3.63, 3.8) is 0 Å². The first-order valence-corrected chi connectivity index (χ1v) is 7.72. The lowest BCUT2D eigenvalue weighted by Crippen LogP contribution is -2.36. The zero-order valence-corrected chi connectivity index (χ0v) is 11.9. The van der Waals surface area contributed by atoms with E-state index >= 15 is 0 Å². The van der Waals surface area contributed by atoms with Gasteiger partial charge < -0.3 is 16.2 Å². The summed E-state index contributed by atoms with van der Waals surface area (Å²) in [7, 11) is 0. The molecule has 0 amide bonds. The first-order chi connectivity index (χ1) is 7.96. The monoisotopic (exact) mass is 274 g/mol. The van der Waals surface area contributed by atoms with Crippen LogP contribution in [-0.4, -0.2) is 45.5 Å². The van der Waals surface area contributed by atoms with Gasteiger partial charge >= 0.3 is 0 Å². The van der Waals surface area contributed by atoms with Crippen molar-refractivity contribution < 1.29 is 5.11 Å². The average Bonchev–Trinajstić information content (AvgIpc) is 2.26. The van der Waals surface area contributed by atoms with Crippen molar-refractivity contribution in [2.24, 2.45) is 0 Å². The van der Waals surface area contributed by atoms with Gasteiger partial charge in [0.05, 0.1) is 5.60 Å². The summed E-state index contributed by atoms with van der Waals surface area (Å²) < 4.78 is 0. The number of nitrogen functional groups attached to an aromatic ring is 1. The minimum atomic E-state index is -0.765. The van der Waals surface area contributed by atoms with Crippen molar-refractivity contribution in [3.05, 3.63) is 6.07 Å². The quantitative estimate of drug-likeness (QED) is 0.532. The largest absolute Gasteiger partial charge is 0.387 e. The molecule has 96 valence electrons. The fourth-order valence-corrected chi connectivity index (χ4v) is 2.38. The number of rotatable bonds is 6. The van der Waals surface area contributed by atoms with E-state index in [1.807, 2.05) is 12.5 Å². The Kier molecular flexibility index (Phi) is 5.35. The Balaban J connectivity index is 2.65. The Hall–Kier alpha value is -0.660. The van der Waals surface area contributed by atoms with Crippen molar-refractivity contribution >= 4 is 35.2 Å². The second kappa shape index (κ2) is 6.32. The number of hydrogen-bond acceptors (Lipinski definition) is 7. The summed E-state index contributed by atoms with van der Waals surface area (Å²) in [6.07, 6.45) is 3.85. The lowest BCUT2D eigenvalue weighted by Gasteiger charge is -2.22. The molecule has 0 aliphatic rings. The van der Waals surface area contributed by atoms with Crippen LogP contribution >= 0.6 is 23.5 Å². The number of aliphatic hydroxyl groups is 1. The highest BCUT2D eigenvalue weighted by Gasteiger charge is 2.19. The van der Waals surface area contributed by atoms with Gasteiger partial charge in [0.15, 0.2) is 5.16 Å². The van der Waals surface area contributed by atoms with Crippen molar-refractivity contribution in [2.45, 2.75) is 17.7 Å². The molecule has 1 heterocycles. The minimum absolute atomic E-state index is 0.427. The molecular formula is C10H18N4OS2. The SMILES string of the molecule is CSCC(C)(O)CNc1cc(N)nc(SC)n1. The minimum Gasteiger partial charge on any atom is -0.387 e. The van der Waals surface area contributed by atoms with Gasteiger partial charge in [-0.2, -0.15) is 11.8 Å². The molecule has 0 aliphatic carbocycles. The summed E-state index contributed by atoms with van der Waals surface area (Å²) in [5.74, 6) is 1.73. The predicted molar refractivity (Wildman–Crippen MR) is 75.7 cm³/mol. The van der Waals surface area contributed by atoms with Gasteiger partial charge in [-0.25, -0.2) is 9.97 Å². The van der Waals surface area contributed by atoms with Gasteiger partial charge in [0.25, 0.3) is 0 Å². The van der Waals surface area contributed by atoms with Gasteiger partial charge in [-0.1, -0.05) is 11.8 Å². The summed E-state index contributed by atoms with van der Waals surface area (Å²) in [5, 5.41) is 13.7. The smallest absolute Gasteiger partial charge is 0.191 e. The van der Waals surface area contributed by atoms with Crippen LogP contribution in [0.5, 0.6) is 0 Å². The molecule has 0 aromatic carbocycles. The van der Waals surface area contributed by atoms with Crippen LogP contribution in [0.1, 0.15) is 6.92 Å². The molecular weight excluding hydrogens is 256 g/mol. The predicted octanol–water partition coefficient (Wildman–Crippen LogP) is 1.31. The first-order valence-electron chi connectivity index (χ1n) is 5.10. The van der Waals surface area contributed by atoms with Crippen LogP contribution in [0.25, 0.3) is 0 Å². The van der Waals surface area contributed by atoms with Crippen molar-refractivity contribution in [1.29, 1.82) is 0 Å². The van der Waals surface area contributed by atoms with Crippen molar-refractivity contribution in [1.82, 2.24) is 9.97 Å². The number of thioether (sulfide) groups is 2.